The number of rotatable bonds is 5. The number of imide groups is 1. The van der Waals surface area contributed by atoms with E-state index in [1.807, 2.05) is 0 Å². The SMILES string of the molecule is O=C(Nc1ccccc1C(F)(F)F)c1cccc(NC2=C(Cl)C(=O)N(c3cc(Cl)c(Cl)cc3Cl)C2=O)c1. The first kappa shape index (κ1) is 26.8. The number of halogens is 7. The van der Waals surface area contributed by atoms with Gasteiger partial charge in [0.25, 0.3) is 17.7 Å². The van der Waals surface area contributed by atoms with Crippen LogP contribution < -0.4 is 15.5 Å². The molecule has 13 heteroatoms. The Hall–Kier alpha value is -3.24. The molecule has 0 unspecified atom stereocenters. The fraction of sp³-hybridized carbons (Fsp3) is 0.0417. The lowest BCUT2D eigenvalue weighted by Gasteiger charge is -2.17. The topological polar surface area (TPSA) is 78.5 Å². The van der Waals surface area contributed by atoms with Crippen molar-refractivity contribution in [3.05, 3.63) is 97.6 Å². The van der Waals surface area contributed by atoms with Gasteiger partial charge < -0.3 is 10.6 Å². The van der Waals surface area contributed by atoms with Crippen LogP contribution >= 0.6 is 46.4 Å². The highest BCUT2D eigenvalue weighted by atomic mass is 35.5. The normalized spacial score (nSPS) is 13.9. The Morgan fingerprint density at radius 2 is 1.49 bits per heavy atom. The Morgan fingerprint density at radius 3 is 2.19 bits per heavy atom. The second kappa shape index (κ2) is 10.3. The Morgan fingerprint density at radius 1 is 0.811 bits per heavy atom. The first-order valence-corrected chi connectivity index (χ1v) is 11.7. The smallest absolute Gasteiger partial charge is 0.350 e. The van der Waals surface area contributed by atoms with Crippen molar-refractivity contribution in [1.82, 2.24) is 0 Å². The Kier molecular flexibility index (Phi) is 7.43. The zero-order valence-electron chi connectivity index (χ0n) is 18.1. The molecule has 0 aromatic heterocycles. The average molecular weight is 589 g/mol. The standard InChI is InChI=1S/C24H12Cl4F3N3O3/c25-14-9-16(27)18(10-15(14)26)34-22(36)19(28)20(23(34)37)32-12-5-3-4-11(8-12)21(35)33-17-7-2-1-6-13(17)24(29,30)31/h1-10,32H,(H,33,35). The van der Waals surface area contributed by atoms with Crippen LogP contribution in [0.2, 0.25) is 15.1 Å². The molecular weight excluding hydrogens is 577 g/mol. The number of hydrogen-bond acceptors (Lipinski definition) is 4. The summed E-state index contributed by atoms with van der Waals surface area (Å²) in [4.78, 5) is 39.2. The summed E-state index contributed by atoms with van der Waals surface area (Å²) in [5.74, 6) is -2.57. The van der Waals surface area contributed by atoms with Crippen LogP contribution in [0.25, 0.3) is 0 Å². The summed E-state index contributed by atoms with van der Waals surface area (Å²) in [5, 5.41) is 4.59. The highest BCUT2D eigenvalue weighted by molar-refractivity contribution is 6.54. The van der Waals surface area contributed by atoms with E-state index in [0.717, 1.165) is 12.1 Å². The molecule has 6 nitrogen and oxygen atoms in total. The molecule has 1 aliphatic heterocycles. The number of hydrogen-bond donors (Lipinski definition) is 2. The van der Waals surface area contributed by atoms with Gasteiger partial charge in [0.05, 0.1) is 32.0 Å². The third-order valence-electron chi connectivity index (χ3n) is 5.13. The molecule has 1 aliphatic rings. The molecule has 0 radical (unpaired) electrons. The van der Waals surface area contributed by atoms with Crippen molar-refractivity contribution < 1.29 is 27.6 Å². The van der Waals surface area contributed by atoms with E-state index >= 15 is 0 Å². The van der Waals surface area contributed by atoms with Crippen molar-refractivity contribution in [2.24, 2.45) is 0 Å². The van der Waals surface area contributed by atoms with Crippen molar-refractivity contribution in [2.75, 3.05) is 15.5 Å². The lowest BCUT2D eigenvalue weighted by molar-refractivity contribution is -0.137. The summed E-state index contributed by atoms with van der Waals surface area (Å²) in [7, 11) is 0. The fourth-order valence-corrected chi connectivity index (χ4v) is 4.27. The van der Waals surface area contributed by atoms with Crippen LogP contribution in [0.15, 0.2) is 71.4 Å². The third-order valence-corrected chi connectivity index (χ3v) is 6.51. The van der Waals surface area contributed by atoms with E-state index in [1.165, 1.54) is 48.5 Å². The minimum Gasteiger partial charge on any atom is -0.350 e. The maximum Gasteiger partial charge on any atom is 0.418 e. The molecule has 3 aromatic carbocycles. The van der Waals surface area contributed by atoms with Crippen LogP contribution in [0.3, 0.4) is 0 Å². The third kappa shape index (κ3) is 5.40. The largest absolute Gasteiger partial charge is 0.418 e. The molecule has 4 rings (SSSR count). The summed E-state index contributed by atoms with van der Waals surface area (Å²) in [6, 6.07) is 12.5. The van der Waals surface area contributed by atoms with Crippen molar-refractivity contribution in [3.63, 3.8) is 0 Å². The second-order valence-electron chi connectivity index (χ2n) is 7.56. The number of nitrogens with zero attached hydrogens (tertiary/aromatic N) is 1. The Bertz CT molecular complexity index is 1490. The van der Waals surface area contributed by atoms with Gasteiger partial charge in [-0.15, -0.1) is 0 Å². The number of anilines is 3. The first-order chi connectivity index (χ1) is 17.4. The zero-order chi connectivity index (χ0) is 27.1. The van der Waals surface area contributed by atoms with Gasteiger partial charge in [-0.05, 0) is 42.5 Å². The molecule has 1 heterocycles. The van der Waals surface area contributed by atoms with Gasteiger partial charge in [0.1, 0.15) is 10.7 Å². The van der Waals surface area contributed by atoms with Gasteiger partial charge in [-0.2, -0.15) is 13.2 Å². The summed E-state index contributed by atoms with van der Waals surface area (Å²) in [6.45, 7) is 0. The van der Waals surface area contributed by atoms with Gasteiger partial charge in [0.2, 0.25) is 0 Å². The Labute approximate surface area is 227 Å². The molecule has 0 fully saturated rings. The van der Waals surface area contributed by atoms with E-state index in [2.05, 4.69) is 10.6 Å². The molecule has 2 N–H and O–H groups in total. The fourth-order valence-electron chi connectivity index (χ4n) is 3.43. The first-order valence-electron chi connectivity index (χ1n) is 10.2. The number of nitrogens with one attached hydrogen (secondary N) is 2. The molecule has 0 saturated carbocycles. The maximum absolute atomic E-state index is 13.3. The molecular formula is C24H12Cl4F3N3O3. The second-order valence-corrected chi connectivity index (χ2v) is 9.16. The summed E-state index contributed by atoms with van der Waals surface area (Å²) in [5.41, 5.74) is -1.65. The monoisotopic (exact) mass is 587 g/mol. The highest BCUT2D eigenvalue weighted by Crippen LogP contribution is 2.39. The van der Waals surface area contributed by atoms with Crippen LogP contribution in [0.4, 0.5) is 30.2 Å². The van der Waals surface area contributed by atoms with Crippen molar-refractivity contribution >= 4 is 81.2 Å². The predicted octanol–water partition coefficient (Wildman–Crippen LogP) is 7.35. The number of amides is 3. The molecule has 0 aliphatic carbocycles. The number of para-hydroxylation sites is 1. The molecule has 190 valence electrons. The molecule has 0 atom stereocenters. The van der Waals surface area contributed by atoms with Crippen molar-refractivity contribution in [3.8, 4) is 0 Å². The van der Waals surface area contributed by atoms with E-state index in [0.29, 0.717) is 4.90 Å². The zero-order valence-corrected chi connectivity index (χ0v) is 21.1. The number of carbonyl (C=O) groups excluding carboxylic acids is 3. The number of alkyl halides is 3. The lowest BCUT2D eigenvalue weighted by Crippen LogP contribution is -2.32. The van der Waals surface area contributed by atoms with E-state index in [4.69, 9.17) is 46.4 Å². The Balaban J connectivity index is 1.58. The predicted molar refractivity (Wildman–Crippen MR) is 136 cm³/mol. The summed E-state index contributed by atoms with van der Waals surface area (Å²) in [6.07, 6.45) is -4.67. The quantitative estimate of drug-likeness (QED) is 0.241. The summed E-state index contributed by atoms with van der Waals surface area (Å²) < 4.78 is 39.8. The molecule has 37 heavy (non-hydrogen) atoms. The van der Waals surface area contributed by atoms with E-state index in [9.17, 15) is 27.6 Å². The maximum atomic E-state index is 13.3. The van der Waals surface area contributed by atoms with Crippen LogP contribution in [-0.4, -0.2) is 17.7 Å². The molecule has 3 aromatic rings. The van der Waals surface area contributed by atoms with Crippen LogP contribution in [-0.2, 0) is 15.8 Å². The van der Waals surface area contributed by atoms with Crippen LogP contribution in [0.1, 0.15) is 15.9 Å². The molecule has 3 amide bonds. The van der Waals surface area contributed by atoms with Gasteiger partial charge in [-0.25, -0.2) is 4.90 Å². The average Bonchev–Trinajstić information content (AvgIpc) is 3.04. The molecule has 0 saturated heterocycles. The van der Waals surface area contributed by atoms with Crippen molar-refractivity contribution in [2.45, 2.75) is 6.18 Å². The lowest BCUT2D eigenvalue weighted by atomic mass is 10.1. The van der Waals surface area contributed by atoms with E-state index < -0.39 is 40.2 Å². The molecule has 0 spiro atoms. The van der Waals surface area contributed by atoms with Gasteiger partial charge in [-0.3, -0.25) is 14.4 Å². The number of carbonyl (C=O) groups is 3. The minimum atomic E-state index is -4.67. The van der Waals surface area contributed by atoms with Crippen LogP contribution in [0, 0.1) is 0 Å². The van der Waals surface area contributed by atoms with E-state index in [-0.39, 0.29) is 37.7 Å². The van der Waals surface area contributed by atoms with Gasteiger partial charge >= 0.3 is 6.18 Å². The minimum absolute atomic E-state index is 0.0279. The van der Waals surface area contributed by atoms with Gasteiger partial charge in [0, 0.05) is 11.3 Å². The van der Waals surface area contributed by atoms with Crippen molar-refractivity contribution in [1.29, 1.82) is 0 Å². The van der Waals surface area contributed by atoms with Gasteiger partial charge in [0.15, 0.2) is 0 Å². The number of benzene rings is 3. The van der Waals surface area contributed by atoms with Crippen LogP contribution in [0.5, 0.6) is 0 Å². The van der Waals surface area contributed by atoms with E-state index in [1.54, 1.807) is 0 Å². The molecule has 0 bridgehead atoms. The summed E-state index contributed by atoms with van der Waals surface area (Å²) >= 11 is 24.2. The van der Waals surface area contributed by atoms with Gasteiger partial charge in [-0.1, -0.05) is 64.6 Å². The highest BCUT2D eigenvalue weighted by Gasteiger charge is 2.40.